The van der Waals surface area contributed by atoms with E-state index < -0.39 is 18.6 Å². The number of aliphatic hydroxyl groups excluding tert-OH is 1. The molecule has 1 aromatic carbocycles. The predicted molar refractivity (Wildman–Crippen MR) is 78.2 cm³/mol. The number of pyridine rings is 1. The van der Waals surface area contributed by atoms with Crippen molar-refractivity contribution < 1.29 is 15.0 Å². The molecule has 0 amide bonds. The number of fused-ring (bicyclic) bond motifs is 1. The lowest BCUT2D eigenvalue weighted by Gasteiger charge is -2.16. The van der Waals surface area contributed by atoms with Crippen molar-refractivity contribution in [2.24, 2.45) is 0 Å². The Bertz CT molecular complexity index is 628. The van der Waals surface area contributed by atoms with Crippen molar-refractivity contribution in [2.45, 2.75) is 6.04 Å². The summed E-state index contributed by atoms with van der Waals surface area (Å²) in [5, 5.41) is 22.6. The first-order chi connectivity index (χ1) is 9.52. The van der Waals surface area contributed by atoms with Crippen LogP contribution in [0.15, 0.2) is 30.5 Å². The molecule has 0 saturated carbocycles. The molecule has 0 aliphatic heterocycles. The lowest BCUT2D eigenvalue weighted by molar-refractivity contribution is -0.138. The van der Waals surface area contributed by atoms with Crippen molar-refractivity contribution in [3.05, 3.63) is 30.5 Å². The molecule has 6 nitrogen and oxygen atoms in total. The van der Waals surface area contributed by atoms with E-state index in [2.05, 4.69) is 10.3 Å². The number of carboxylic acid groups (broad SMARTS) is 1. The SMILES string of the molecule is CN(C)c1ccc2ccnc(N[C@@H](CO)C(=O)O)c2c1. The fourth-order valence-electron chi connectivity index (χ4n) is 1.90. The van der Waals surface area contributed by atoms with E-state index in [4.69, 9.17) is 10.2 Å². The van der Waals surface area contributed by atoms with Gasteiger partial charge in [-0.1, -0.05) is 6.07 Å². The number of benzene rings is 1. The average Bonchev–Trinajstić information content (AvgIpc) is 2.43. The topological polar surface area (TPSA) is 85.7 Å². The zero-order valence-electron chi connectivity index (χ0n) is 11.4. The largest absolute Gasteiger partial charge is 0.480 e. The van der Waals surface area contributed by atoms with Gasteiger partial charge in [-0.3, -0.25) is 0 Å². The highest BCUT2D eigenvalue weighted by molar-refractivity contribution is 5.95. The monoisotopic (exact) mass is 275 g/mol. The highest BCUT2D eigenvalue weighted by Crippen LogP contribution is 2.26. The van der Waals surface area contributed by atoms with E-state index in [1.807, 2.05) is 43.3 Å². The molecule has 0 aliphatic carbocycles. The maximum Gasteiger partial charge on any atom is 0.328 e. The molecular weight excluding hydrogens is 258 g/mol. The highest BCUT2D eigenvalue weighted by Gasteiger charge is 2.17. The molecule has 0 unspecified atom stereocenters. The number of carboxylic acids is 1. The highest BCUT2D eigenvalue weighted by atomic mass is 16.4. The van der Waals surface area contributed by atoms with Crippen LogP contribution in [0, 0.1) is 0 Å². The average molecular weight is 275 g/mol. The molecule has 3 N–H and O–H groups in total. The molecule has 2 rings (SSSR count). The van der Waals surface area contributed by atoms with E-state index in [9.17, 15) is 4.79 Å². The van der Waals surface area contributed by atoms with Gasteiger partial charge in [0, 0.05) is 31.4 Å². The Balaban J connectivity index is 2.46. The van der Waals surface area contributed by atoms with E-state index in [0.717, 1.165) is 16.5 Å². The Morgan fingerprint density at radius 2 is 2.15 bits per heavy atom. The molecular formula is C14H17N3O3. The second-order valence-electron chi connectivity index (χ2n) is 4.68. The van der Waals surface area contributed by atoms with Crippen LogP contribution in [0.2, 0.25) is 0 Å². The smallest absolute Gasteiger partial charge is 0.328 e. The van der Waals surface area contributed by atoms with Gasteiger partial charge in [-0.2, -0.15) is 0 Å². The lowest BCUT2D eigenvalue weighted by Crippen LogP contribution is -2.33. The number of aliphatic hydroxyl groups is 1. The molecule has 0 aliphatic rings. The third kappa shape index (κ3) is 2.80. The zero-order chi connectivity index (χ0) is 14.7. The minimum atomic E-state index is -1.12. The summed E-state index contributed by atoms with van der Waals surface area (Å²) in [4.78, 5) is 17.1. The Labute approximate surface area is 116 Å². The van der Waals surface area contributed by atoms with Crippen LogP contribution in [0.5, 0.6) is 0 Å². The standard InChI is InChI=1S/C14H17N3O3/c1-17(2)10-4-3-9-5-6-15-13(11(9)7-10)16-12(8-18)14(19)20/h3-7,12,18H,8H2,1-2H3,(H,15,16)(H,19,20)/t12-/m0/s1. The number of carbonyl (C=O) groups is 1. The van der Waals surface area contributed by atoms with Crippen LogP contribution in [-0.2, 0) is 4.79 Å². The van der Waals surface area contributed by atoms with Crippen LogP contribution in [0.3, 0.4) is 0 Å². The van der Waals surface area contributed by atoms with Crippen molar-refractivity contribution in [3.8, 4) is 0 Å². The summed E-state index contributed by atoms with van der Waals surface area (Å²) in [5.41, 5.74) is 0.990. The number of rotatable bonds is 5. The van der Waals surface area contributed by atoms with E-state index in [1.54, 1.807) is 6.20 Å². The third-order valence-electron chi connectivity index (χ3n) is 3.06. The number of hydrogen-bond acceptors (Lipinski definition) is 5. The van der Waals surface area contributed by atoms with Crippen LogP contribution >= 0.6 is 0 Å². The van der Waals surface area contributed by atoms with Gasteiger partial charge in [0.25, 0.3) is 0 Å². The van der Waals surface area contributed by atoms with Crippen molar-refractivity contribution in [3.63, 3.8) is 0 Å². The van der Waals surface area contributed by atoms with Crippen LogP contribution in [0.25, 0.3) is 10.8 Å². The van der Waals surface area contributed by atoms with Gasteiger partial charge in [0.1, 0.15) is 11.9 Å². The quantitative estimate of drug-likeness (QED) is 0.759. The van der Waals surface area contributed by atoms with Crippen LogP contribution in [0.4, 0.5) is 11.5 Å². The second kappa shape index (κ2) is 5.75. The summed E-state index contributed by atoms with van der Waals surface area (Å²) in [6, 6.07) is 6.64. The van der Waals surface area contributed by atoms with E-state index in [1.165, 1.54) is 0 Å². The first kappa shape index (κ1) is 14.1. The second-order valence-corrected chi connectivity index (χ2v) is 4.68. The van der Waals surface area contributed by atoms with Crippen molar-refractivity contribution in [1.29, 1.82) is 0 Å². The number of aromatic nitrogens is 1. The molecule has 20 heavy (non-hydrogen) atoms. The van der Waals surface area contributed by atoms with E-state index >= 15 is 0 Å². The molecule has 1 aromatic heterocycles. The van der Waals surface area contributed by atoms with Gasteiger partial charge in [-0.15, -0.1) is 0 Å². The third-order valence-corrected chi connectivity index (χ3v) is 3.06. The van der Waals surface area contributed by atoms with Gasteiger partial charge in [0.05, 0.1) is 6.61 Å². The first-order valence-electron chi connectivity index (χ1n) is 6.19. The normalized spacial score (nSPS) is 12.2. The van der Waals surface area contributed by atoms with Crippen molar-refractivity contribution in [2.75, 3.05) is 30.9 Å². The zero-order valence-corrected chi connectivity index (χ0v) is 11.4. The summed E-state index contributed by atoms with van der Waals surface area (Å²) >= 11 is 0. The summed E-state index contributed by atoms with van der Waals surface area (Å²) in [6.45, 7) is -0.499. The minimum absolute atomic E-state index is 0.452. The fourth-order valence-corrected chi connectivity index (χ4v) is 1.90. The van der Waals surface area contributed by atoms with E-state index in [0.29, 0.717) is 5.82 Å². The van der Waals surface area contributed by atoms with Crippen LogP contribution in [0.1, 0.15) is 0 Å². The number of nitrogens with zero attached hydrogens (tertiary/aromatic N) is 2. The molecule has 0 radical (unpaired) electrons. The predicted octanol–water partition coefficient (Wildman–Crippen LogP) is 1.16. The number of anilines is 2. The summed E-state index contributed by atoms with van der Waals surface area (Å²) in [6.07, 6.45) is 1.61. The molecule has 6 heteroatoms. The summed E-state index contributed by atoms with van der Waals surface area (Å²) in [5.74, 6) is -0.664. The molecule has 1 heterocycles. The Hall–Kier alpha value is -2.34. The molecule has 0 spiro atoms. The first-order valence-corrected chi connectivity index (χ1v) is 6.19. The van der Waals surface area contributed by atoms with Crippen molar-refractivity contribution >= 4 is 28.2 Å². The molecule has 0 saturated heterocycles. The fraction of sp³-hybridized carbons (Fsp3) is 0.286. The van der Waals surface area contributed by atoms with Crippen LogP contribution in [-0.4, -0.2) is 47.9 Å². The van der Waals surface area contributed by atoms with Crippen molar-refractivity contribution in [1.82, 2.24) is 4.98 Å². The van der Waals surface area contributed by atoms with Crippen LogP contribution < -0.4 is 10.2 Å². The lowest BCUT2D eigenvalue weighted by atomic mass is 10.1. The maximum absolute atomic E-state index is 11.0. The molecule has 1 atom stereocenters. The Kier molecular flexibility index (Phi) is 4.05. The maximum atomic E-state index is 11.0. The molecule has 2 aromatic rings. The van der Waals surface area contributed by atoms with Gasteiger partial charge >= 0.3 is 5.97 Å². The summed E-state index contributed by atoms with van der Waals surface area (Å²) < 4.78 is 0. The number of nitrogens with one attached hydrogen (secondary N) is 1. The Morgan fingerprint density at radius 3 is 2.75 bits per heavy atom. The van der Waals surface area contributed by atoms with Gasteiger partial charge in [0.2, 0.25) is 0 Å². The van der Waals surface area contributed by atoms with Gasteiger partial charge in [0.15, 0.2) is 0 Å². The minimum Gasteiger partial charge on any atom is -0.480 e. The molecule has 0 fully saturated rings. The summed E-state index contributed by atoms with van der Waals surface area (Å²) in [7, 11) is 3.86. The Morgan fingerprint density at radius 1 is 1.40 bits per heavy atom. The van der Waals surface area contributed by atoms with E-state index in [-0.39, 0.29) is 0 Å². The molecule has 0 bridgehead atoms. The number of hydrogen-bond donors (Lipinski definition) is 3. The van der Waals surface area contributed by atoms with Gasteiger partial charge < -0.3 is 20.4 Å². The molecule has 106 valence electrons. The van der Waals surface area contributed by atoms with Gasteiger partial charge in [-0.25, -0.2) is 9.78 Å². The number of aliphatic carboxylic acids is 1. The van der Waals surface area contributed by atoms with Gasteiger partial charge in [-0.05, 0) is 23.6 Å².